The molecular formula is C12H12N4O2S. The van der Waals surface area contributed by atoms with Crippen LogP contribution in [0.1, 0.15) is 24.4 Å². The van der Waals surface area contributed by atoms with Crippen LogP contribution >= 0.6 is 12.2 Å². The highest BCUT2D eigenvalue weighted by Gasteiger charge is 2.28. The van der Waals surface area contributed by atoms with Crippen molar-refractivity contribution in [2.75, 3.05) is 0 Å². The minimum absolute atomic E-state index is 0.0752. The van der Waals surface area contributed by atoms with E-state index in [4.69, 9.17) is 12.2 Å². The van der Waals surface area contributed by atoms with Gasteiger partial charge in [0.05, 0.1) is 4.92 Å². The summed E-state index contributed by atoms with van der Waals surface area (Å²) in [6.07, 6.45) is 2.16. The van der Waals surface area contributed by atoms with Gasteiger partial charge in [0, 0.05) is 23.7 Å². The van der Waals surface area contributed by atoms with Gasteiger partial charge in [-0.1, -0.05) is 0 Å². The molecule has 19 heavy (non-hydrogen) atoms. The Morgan fingerprint density at radius 1 is 1.47 bits per heavy atom. The first kappa shape index (κ1) is 12.0. The Balaban J connectivity index is 2.16. The molecule has 0 saturated heterocycles. The van der Waals surface area contributed by atoms with E-state index in [0.717, 1.165) is 24.0 Å². The number of hydrogen-bond acceptors (Lipinski definition) is 4. The largest absolute Gasteiger partial charge is 0.297 e. The van der Waals surface area contributed by atoms with Crippen LogP contribution in [-0.4, -0.2) is 19.7 Å². The minimum atomic E-state index is -0.390. The summed E-state index contributed by atoms with van der Waals surface area (Å²) in [6.45, 7) is 1.83. The molecule has 6 nitrogen and oxygen atoms in total. The quantitative estimate of drug-likeness (QED) is 0.530. The molecule has 0 spiro atoms. The molecule has 2 aromatic rings. The SMILES string of the molecule is Cc1cc(-c2n[nH]c(=S)n2C2CC2)cc([N+](=O)[O-])c1. The average molecular weight is 276 g/mol. The van der Waals surface area contributed by atoms with Crippen molar-refractivity contribution in [1.29, 1.82) is 0 Å². The molecule has 1 fully saturated rings. The van der Waals surface area contributed by atoms with Crippen molar-refractivity contribution in [3.05, 3.63) is 38.6 Å². The van der Waals surface area contributed by atoms with Crippen molar-refractivity contribution in [1.82, 2.24) is 14.8 Å². The van der Waals surface area contributed by atoms with Crippen molar-refractivity contribution in [3.63, 3.8) is 0 Å². The number of non-ortho nitro benzene ring substituents is 1. The van der Waals surface area contributed by atoms with E-state index in [2.05, 4.69) is 10.2 Å². The molecule has 1 aliphatic rings. The third kappa shape index (κ3) is 2.17. The Bertz CT molecular complexity index is 715. The number of nitro groups is 1. The topological polar surface area (TPSA) is 76.8 Å². The first-order valence-electron chi connectivity index (χ1n) is 5.99. The van der Waals surface area contributed by atoms with Crippen molar-refractivity contribution in [2.24, 2.45) is 0 Å². The second-order valence-electron chi connectivity index (χ2n) is 4.77. The van der Waals surface area contributed by atoms with Crippen LogP contribution < -0.4 is 0 Å². The molecule has 98 valence electrons. The van der Waals surface area contributed by atoms with Gasteiger partial charge in [-0.15, -0.1) is 0 Å². The zero-order chi connectivity index (χ0) is 13.6. The first-order valence-corrected chi connectivity index (χ1v) is 6.40. The Morgan fingerprint density at radius 2 is 2.21 bits per heavy atom. The van der Waals surface area contributed by atoms with Crippen LogP contribution in [0.5, 0.6) is 0 Å². The average Bonchev–Trinajstić information content (AvgIpc) is 3.11. The molecule has 1 N–H and O–H groups in total. The number of benzene rings is 1. The normalized spacial score (nSPS) is 14.6. The Labute approximate surface area is 114 Å². The van der Waals surface area contributed by atoms with E-state index in [1.54, 1.807) is 6.07 Å². The molecule has 3 rings (SSSR count). The van der Waals surface area contributed by atoms with E-state index in [1.807, 2.05) is 17.6 Å². The lowest BCUT2D eigenvalue weighted by Gasteiger charge is -2.05. The van der Waals surface area contributed by atoms with Gasteiger partial charge in [-0.25, -0.2) is 0 Å². The molecule has 1 aromatic heterocycles. The molecule has 1 aromatic carbocycles. The monoisotopic (exact) mass is 276 g/mol. The number of H-pyrrole nitrogens is 1. The molecule has 0 aliphatic heterocycles. The summed E-state index contributed by atoms with van der Waals surface area (Å²) in [4.78, 5) is 10.5. The van der Waals surface area contributed by atoms with Gasteiger partial charge in [0.25, 0.3) is 5.69 Å². The fourth-order valence-electron chi connectivity index (χ4n) is 2.18. The molecule has 0 amide bonds. The van der Waals surface area contributed by atoms with E-state index >= 15 is 0 Å². The van der Waals surface area contributed by atoms with Gasteiger partial charge >= 0.3 is 0 Å². The molecule has 1 saturated carbocycles. The summed E-state index contributed by atoms with van der Waals surface area (Å²) in [5.41, 5.74) is 1.64. The molecule has 0 atom stereocenters. The zero-order valence-corrected chi connectivity index (χ0v) is 11.1. The predicted molar refractivity (Wildman–Crippen MR) is 72.5 cm³/mol. The van der Waals surface area contributed by atoms with Crippen molar-refractivity contribution >= 4 is 17.9 Å². The Morgan fingerprint density at radius 3 is 2.84 bits per heavy atom. The maximum atomic E-state index is 10.9. The second-order valence-corrected chi connectivity index (χ2v) is 5.15. The maximum Gasteiger partial charge on any atom is 0.270 e. The number of aromatic amines is 1. The van der Waals surface area contributed by atoms with Crippen LogP contribution in [0.2, 0.25) is 0 Å². The summed E-state index contributed by atoms with van der Waals surface area (Å²) >= 11 is 5.22. The molecule has 0 radical (unpaired) electrons. The Hall–Kier alpha value is -2.02. The lowest BCUT2D eigenvalue weighted by molar-refractivity contribution is -0.384. The van der Waals surface area contributed by atoms with E-state index in [-0.39, 0.29) is 10.6 Å². The number of hydrogen-bond donors (Lipinski definition) is 1. The van der Waals surface area contributed by atoms with Gasteiger partial charge in [0.2, 0.25) is 0 Å². The molecular weight excluding hydrogens is 264 g/mol. The molecule has 7 heteroatoms. The standard InChI is InChI=1S/C12H12N4O2S/c1-7-4-8(6-10(5-7)16(17)18)11-13-14-12(19)15(11)9-2-3-9/h4-6,9H,2-3H2,1H3,(H,14,19). The van der Waals surface area contributed by atoms with E-state index < -0.39 is 0 Å². The molecule has 0 bridgehead atoms. The summed E-state index contributed by atoms with van der Waals surface area (Å²) in [5, 5.41) is 17.9. The molecule has 1 aliphatic carbocycles. The van der Waals surface area contributed by atoms with E-state index in [1.165, 1.54) is 6.07 Å². The highest BCUT2D eigenvalue weighted by atomic mass is 32.1. The lowest BCUT2D eigenvalue weighted by Crippen LogP contribution is -1.98. The summed E-state index contributed by atoms with van der Waals surface area (Å²) < 4.78 is 2.52. The van der Waals surface area contributed by atoms with Crippen LogP contribution in [-0.2, 0) is 0 Å². The van der Waals surface area contributed by atoms with Gasteiger partial charge in [0.15, 0.2) is 10.6 Å². The highest BCUT2D eigenvalue weighted by molar-refractivity contribution is 7.71. The maximum absolute atomic E-state index is 10.9. The molecule has 0 unspecified atom stereocenters. The highest BCUT2D eigenvalue weighted by Crippen LogP contribution is 2.38. The minimum Gasteiger partial charge on any atom is -0.297 e. The molecule has 1 heterocycles. The number of nitrogens with one attached hydrogen (secondary N) is 1. The predicted octanol–water partition coefficient (Wildman–Crippen LogP) is 3.16. The van der Waals surface area contributed by atoms with Crippen LogP contribution in [0.4, 0.5) is 5.69 Å². The van der Waals surface area contributed by atoms with E-state index in [9.17, 15) is 10.1 Å². The van der Waals surface area contributed by atoms with Gasteiger partial charge in [-0.05, 0) is 43.6 Å². The third-order valence-corrected chi connectivity index (χ3v) is 3.44. The third-order valence-electron chi connectivity index (χ3n) is 3.15. The van der Waals surface area contributed by atoms with E-state index in [0.29, 0.717) is 16.6 Å². The number of aromatic nitrogens is 3. The lowest BCUT2D eigenvalue weighted by atomic mass is 10.1. The summed E-state index contributed by atoms with van der Waals surface area (Å²) in [6, 6.07) is 5.35. The van der Waals surface area contributed by atoms with Crippen molar-refractivity contribution in [2.45, 2.75) is 25.8 Å². The van der Waals surface area contributed by atoms with Gasteiger partial charge < -0.3 is 0 Å². The van der Waals surface area contributed by atoms with Crippen LogP contribution in [0.25, 0.3) is 11.4 Å². The number of aryl methyl sites for hydroxylation is 1. The van der Waals surface area contributed by atoms with Crippen molar-refractivity contribution < 1.29 is 4.92 Å². The zero-order valence-electron chi connectivity index (χ0n) is 10.3. The Kier molecular flexibility index (Phi) is 2.70. The fourth-order valence-corrected chi connectivity index (χ4v) is 2.46. The van der Waals surface area contributed by atoms with Crippen LogP contribution in [0, 0.1) is 21.8 Å². The summed E-state index contributed by atoms with van der Waals surface area (Å²) in [5.74, 6) is 0.680. The smallest absolute Gasteiger partial charge is 0.270 e. The van der Waals surface area contributed by atoms with Gasteiger partial charge in [0.1, 0.15) is 0 Å². The van der Waals surface area contributed by atoms with Crippen molar-refractivity contribution in [3.8, 4) is 11.4 Å². The second kappa shape index (κ2) is 4.27. The van der Waals surface area contributed by atoms with Crippen LogP contribution in [0.3, 0.4) is 0 Å². The van der Waals surface area contributed by atoms with Gasteiger partial charge in [-0.3, -0.25) is 19.8 Å². The number of nitro benzene ring substituents is 1. The van der Waals surface area contributed by atoms with Gasteiger partial charge in [-0.2, -0.15) is 5.10 Å². The van der Waals surface area contributed by atoms with Crippen LogP contribution in [0.15, 0.2) is 18.2 Å². The first-order chi connectivity index (χ1) is 9.06. The fraction of sp³-hybridized carbons (Fsp3) is 0.333. The number of nitrogens with zero attached hydrogens (tertiary/aromatic N) is 3. The summed E-state index contributed by atoms with van der Waals surface area (Å²) in [7, 11) is 0. The number of rotatable bonds is 3.